The molecule has 0 aromatic rings. The molecule has 0 amide bonds. The summed E-state index contributed by atoms with van der Waals surface area (Å²) in [7, 11) is 0. The molecular weight excluding hydrogens is 188 g/mol. The third-order valence-corrected chi connectivity index (χ3v) is 3.42. The summed E-state index contributed by atoms with van der Waals surface area (Å²) in [6.07, 6.45) is 10.7. The predicted octanol–water partition coefficient (Wildman–Crippen LogP) is 1.54. The van der Waals surface area contributed by atoms with Crippen LogP contribution < -0.4 is 0 Å². The number of hydrogen-bond donors (Lipinski definition) is 0. The van der Waals surface area contributed by atoms with Gasteiger partial charge in [-0.25, -0.2) is 0 Å². The van der Waals surface area contributed by atoms with Crippen molar-refractivity contribution in [3.63, 3.8) is 0 Å². The standard InChI is InChI=1S/C12H18N2O/c1-2-6-13-10-12-14(9-11(13)5-1)7-3-4-8-15-12/h2,5-6,12H,1,3-4,7-10H2. The van der Waals surface area contributed by atoms with Crippen LogP contribution in [0.4, 0.5) is 0 Å². The minimum absolute atomic E-state index is 0.312. The number of nitrogens with zero attached hydrogens (tertiary/aromatic N) is 2. The van der Waals surface area contributed by atoms with Crippen LogP contribution in [0.3, 0.4) is 0 Å². The lowest BCUT2D eigenvalue weighted by Gasteiger charge is -2.42. The maximum atomic E-state index is 5.88. The second kappa shape index (κ2) is 3.99. The average molecular weight is 206 g/mol. The molecule has 15 heavy (non-hydrogen) atoms. The molecule has 2 fully saturated rings. The van der Waals surface area contributed by atoms with Crippen LogP contribution in [0.5, 0.6) is 0 Å². The SMILES string of the molecule is C1=CN2CC3OCCCCN3CC2=CC1. The quantitative estimate of drug-likeness (QED) is 0.598. The van der Waals surface area contributed by atoms with Crippen LogP contribution in [0.1, 0.15) is 19.3 Å². The van der Waals surface area contributed by atoms with Gasteiger partial charge in [-0.2, -0.15) is 0 Å². The second-order valence-electron chi connectivity index (χ2n) is 4.47. The Morgan fingerprint density at radius 2 is 2.33 bits per heavy atom. The summed E-state index contributed by atoms with van der Waals surface area (Å²) >= 11 is 0. The highest BCUT2D eigenvalue weighted by Crippen LogP contribution is 2.24. The van der Waals surface area contributed by atoms with E-state index in [1.807, 2.05) is 0 Å². The third kappa shape index (κ3) is 1.82. The van der Waals surface area contributed by atoms with Crippen molar-refractivity contribution in [2.45, 2.75) is 25.5 Å². The monoisotopic (exact) mass is 206 g/mol. The highest BCUT2D eigenvalue weighted by molar-refractivity contribution is 5.17. The van der Waals surface area contributed by atoms with E-state index in [9.17, 15) is 0 Å². The van der Waals surface area contributed by atoms with Crippen LogP contribution in [0, 0.1) is 0 Å². The van der Waals surface area contributed by atoms with Crippen LogP contribution >= 0.6 is 0 Å². The van der Waals surface area contributed by atoms with Gasteiger partial charge in [0.25, 0.3) is 0 Å². The summed E-state index contributed by atoms with van der Waals surface area (Å²) in [5, 5.41) is 0. The van der Waals surface area contributed by atoms with E-state index in [-0.39, 0.29) is 0 Å². The number of hydrogen-bond acceptors (Lipinski definition) is 3. The van der Waals surface area contributed by atoms with Gasteiger partial charge in [0.1, 0.15) is 6.23 Å². The van der Waals surface area contributed by atoms with Crippen molar-refractivity contribution < 1.29 is 4.74 Å². The molecule has 0 bridgehead atoms. The van der Waals surface area contributed by atoms with Gasteiger partial charge in [-0.1, -0.05) is 12.2 Å². The van der Waals surface area contributed by atoms with Gasteiger partial charge in [0.15, 0.2) is 0 Å². The number of rotatable bonds is 0. The van der Waals surface area contributed by atoms with Crippen LogP contribution in [0.15, 0.2) is 24.0 Å². The van der Waals surface area contributed by atoms with Gasteiger partial charge >= 0.3 is 0 Å². The summed E-state index contributed by atoms with van der Waals surface area (Å²) < 4.78 is 5.88. The zero-order chi connectivity index (χ0) is 10.1. The molecule has 1 atom stereocenters. The maximum Gasteiger partial charge on any atom is 0.129 e. The Balaban J connectivity index is 1.77. The smallest absolute Gasteiger partial charge is 0.129 e. The fraction of sp³-hybridized carbons (Fsp3) is 0.667. The molecule has 82 valence electrons. The molecule has 3 nitrogen and oxygen atoms in total. The Bertz CT molecular complexity index is 298. The largest absolute Gasteiger partial charge is 0.361 e. The van der Waals surface area contributed by atoms with Gasteiger partial charge in [0.05, 0.1) is 6.54 Å². The van der Waals surface area contributed by atoms with Crippen LogP contribution in [0.25, 0.3) is 0 Å². The lowest BCUT2D eigenvalue weighted by Crippen LogP contribution is -2.51. The Morgan fingerprint density at radius 1 is 1.33 bits per heavy atom. The molecule has 1 unspecified atom stereocenters. The lowest BCUT2D eigenvalue weighted by molar-refractivity contribution is -0.0670. The fourth-order valence-electron chi connectivity index (χ4n) is 2.55. The molecule has 3 aliphatic rings. The summed E-state index contributed by atoms with van der Waals surface area (Å²) in [5.74, 6) is 0. The first kappa shape index (κ1) is 9.43. The molecule has 0 spiro atoms. The number of ether oxygens (including phenoxy) is 1. The van der Waals surface area contributed by atoms with Crippen LogP contribution in [-0.2, 0) is 4.74 Å². The molecule has 3 heterocycles. The van der Waals surface area contributed by atoms with Crippen molar-refractivity contribution in [1.82, 2.24) is 9.80 Å². The molecule has 0 aliphatic carbocycles. The minimum Gasteiger partial charge on any atom is -0.361 e. The van der Waals surface area contributed by atoms with E-state index in [0.29, 0.717) is 6.23 Å². The molecule has 0 aromatic heterocycles. The van der Waals surface area contributed by atoms with Crippen molar-refractivity contribution >= 4 is 0 Å². The highest BCUT2D eigenvalue weighted by atomic mass is 16.5. The first-order valence-corrected chi connectivity index (χ1v) is 5.91. The molecule has 0 N–H and O–H groups in total. The molecule has 3 heteroatoms. The second-order valence-corrected chi connectivity index (χ2v) is 4.47. The molecule has 0 saturated carbocycles. The molecule has 0 radical (unpaired) electrons. The Hall–Kier alpha value is -0.800. The minimum atomic E-state index is 0.312. The van der Waals surface area contributed by atoms with E-state index in [2.05, 4.69) is 28.2 Å². The van der Waals surface area contributed by atoms with Crippen molar-refractivity contribution in [2.24, 2.45) is 0 Å². The van der Waals surface area contributed by atoms with Gasteiger partial charge < -0.3 is 9.64 Å². The predicted molar refractivity (Wildman–Crippen MR) is 59.1 cm³/mol. The number of allylic oxidation sites excluding steroid dienone is 2. The summed E-state index contributed by atoms with van der Waals surface area (Å²) in [4.78, 5) is 4.82. The summed E-state index contributed by atoms with van der Waals surface area (Å²) in [6, 6.07) is 0. The van der Waals surface area contributed by atoms with E-state index < -0.39 is 0 Å². The van der Waals surface area contributed by atoms with Gasteiger partial charge in [-0.15, -0.1) is 0 Å². The molecule has 0 aromatic carbocycles. The number of fused-ring (bicyclic) bond motifs is 2. The Kier molecular flexibility index (Phi) is 2.51. The van der Waals surface area contributed by atoms with E-state index >= 15 is 0 Å². The van der Waals surface area contributed by atoms with Crippen LogP contribution in [-0.4, -0.2) is 42.3 Å². The summed E-state index contributed by atoms with van der Waals surface area (Å²) in [5.41, 5.74) is 1.46. The van der Waals surface area contributed by atoms with Gasteiger partial charge in [0, 0.05) is 31.6 Å². The van der Waals surface area contributed by atoms with Crippen molar-refractivity contribution in [2.75, 3.05) is 26.2 Å². The van der Waals surface area contributed by atoms with Crippen molar-refractivity contribution in [3.8, 4) is 0 Å². The van der Waals surface area contributed by atoms with Gasteiger partial charge in [-0.3, -0.25) is 4.90 Å². The topological polar surface area (TPSA) is 15.7 Å². The van der Waals surface area contributed by atoms with Crippen LogP contribution in [0.2, 0.25) is 0 Å². The molecule has 3 aliphatic heterocycles. The average Bonchev–Trinajstić information content (AvgIpc) is 2.50. The Labute approximate surface area is 91.0 Å². The van der Waals surface area contributed by atoms with Crippen molar-refractivity contribution in [1.29, 1.82) is 0 Å². The Morgan fingerprint density at radius 3 is 3.33 bits per heavy atom. The van der Waals surface area contributed by atoms with Crippen molar-refractivity contribution in [3.05, 3.63) is 24.0 Å². The molecule has 3 rings (SSSR count). The van der Waals surface area contributed by atoms with E-state index in [1.54, 1.807) is 0 Å². The first-order valence-electron chi connectivity index (χ1n) is 5.91. The normalized spacial score (nSPS) is 31.6. The first-order chi connectivity index (χ1) is 7.43. The summed E-state index contributed by atoms with van der Waals surface area (Å²) in [6.45, 7) is 4.19. The van der Waals surface area contributed by atoms with E-state index in [0.717, 1.165) is 26.1 Å². The fourth-order valence-corrected chi connectivity index (χ4v) is 2.55. The third-order valence-electron chi connectivity index (χ3n) is 3.42. The highest BCUT2D eigenvalue weighted by Gasteiger charge is 2.30. The van der Waals surface area contributed by atoms with Gasteiger partial charge in [0.2, 0.25) is 0 Å². The zero-order valence-corrected chi connectivity index (χ0v) is 9.06. The van der Waals surface area contributed by atoms with E-state index in [1.165, 1.54) is 25.1 Å². The maximum absolute atomic E-state index is 5.88. The lowest BCUT2D eigenvalue weighted by atomic mass is 10.1. The number of piperazine rings is 1. The van der Waals surface area contributed by atoms with Gasteiger partial charge in [-0.05, 0) is 19.3 Å². The molecule has 2 saturated heterocycles. The molecular formula is C12H18N2O. The zero-order valence-electron chi connectivity index (χ0n) is 9.06. The van der Waals surface area contributed by atoms with E-state index in [4.69, 9.17) is 4.74 Å².